The molecule has 0 aromatic heterocycles. The van der Waals surface area contributed by atoms with Crippen molar-refractivity contribution in [3.8, 4) is 0 Å². The Kier molecular flexibility index (Phi) is 9.22. The second-order valence-electron chi connectivity index (χ2n) is 4.32. The summed E-state index contributed by atoms with van der Waals surface area (Å²) in [6.45, 7) is 4.63. The summed E-state index contributed by atoms with van der Waals surface area (Å²) < 4.78 is 14.5. The Labute approximate surface area is 108 Å². The van der Waals surface area contributed by atoms with E-state index in [9.17, 15) is 9.59 Å². The third-order valence-electron chi connectivity index (χ3n) is 2.19. The van der Waals surface area contributed by atoms with Crippen LogP contribution in [0.15, 0.2) is 0 Å². The van der Waals surface area contributed by atoms with Crippen molar-refractivity contribution in [3.05, 3.63) is 0 Å². The van der Waals surface area contributed by atoms with Gasteiger partial charge in [-0.1, -0.05) is 13.8 Å². The lowest BCUT2D eigenvalue weighted by Gasteiger charge is -2.18. The maximum absolute atomic E-state index is 11.5. The second kappa shape index (κ2) is 9.85. The second-order valence-corrected chi connectivity index (χ2v) is 4.32. The molecule has 1 unspecified atom stereocenters. The fraction of sp³-hybridized carbons (Fsp3) is 0.833. The third kappa shape index (κ3) is 8.03. The summed E-state index contributed by atoms with van der Waals surface area (Å²) in [5.74, 6) is -0.486. The van der Waals surface area contributed by atoms with Crippen molar-refractivity contribution in [2.24, 2.45) is 5.92 Å². The number of esters is 1. The molecule has 0 aromatic rings. The van der Waals surface area contributed by atoms with Gasteiger partial charge in [0.15, 0.2) is 0 Å². The van der Waals surface area contributed by atoms with Crippen molar-refractivity contribution in [3.63, 3.8) is 0 Å². The van der Waals surface area contributed by atoms with Gasteiger partial charge in [-0.05, 0) is 12.3 Å². The van der Waals surface area contributed by atoms with Crippen molar-refractivity contribution >= 4 is 11.9 Å². The fourth-order valence-electron chi connectivity index (χ4n) is 1.37. The third-order valence-corrected chi connectivity index (χ3v) is 2.19. The minimum atomic E-state index is -0.617. The lowest BCUT2D eigenvalue weighted by atomic mass is 10.0. The fourth-order valence-corrected chi connectivity index (χ4v) is 1.37. The first kappa shape index (κ1) is 16.9. The highest BCUT2D eigenvalue weighted by atomic mass is 16.5. The molecule has 1 atom stereocenters. The van der Waals surface area contributed by atoms with Gasteiger partial charge in [0.2, 0.25) is 5.91 Å². The summed E-state index contributed by atoms with van der Waals surface area (Å²) in [4.78, 5) is 23.0. The standard InChI is InChI=1S/C12H23NO5/c1-9(2)7-10(12(15)17-4)13-11(14)8-18-6-5-16-3/h9-10H,5-8H2,1-4H3,(H,13,14). The van der Waals surface area contributed by atoms with E-state index in [1.807, 2.05) is 13.8 Å². The lowest BCUT2D eigenvalue weighted by molar-refractivity contribution is -0.146. The maximum Gasteiger partial charge on any atom is 0.328 e. The van der Waals surface area contributed by atoms with E-state index >= 15 is 0 Å². The monoisotopic (exact) mass is 261 g/mol. The average Bonchev–Trinajstić information content (AvgIpc) is 2.32. The molecule has 0 aliphatic heterocycles. The molecule has 0 aromatic carbocycles. The largest absolute Gasteiger partial charge is 0.467 e. The first-order valence-corrected chi connectivity index (χ1v) is 5.95. The van der Waals surface area contributed by atoms with Gasteiger partial charge in [-0.3, -0.25) is 4.79 Å². The molecule has 0 aliphatic rings. The zero-order valence-corrected chi connectivity index (χ0v) is 11.5. The van der Waals surface area contributed by atoms with Gasteiger partial charge in [0.1, 0.15) is 12.6 Å². The minimum absolute atomic E-state index is 0.0883. The molecule has 1 N–H and O–H groups in total. The van der Waals surface area contributed by atoms with Crippen molar-refractivity contribution in [2.45, 2.75) is 26.3 Å². The Hall–Kier alpha value is -1.14. The number of carbonyl (C=O) groups excluding carboxylic acids is 2. The molecule has 0 bridgehead atoms. The van der Waals surface area contributed by atoms with Crippen LogP contribution in [-0.4, -0.2) is 52.0 Å². The Morgan fingerprint density at radius 2 is 1.83 bits per heavy atom. The van der Waals surface area contributed by atoms with Gasteiger partial charge in [-0.15, -0.1) is 0 Å². The van der Waals surface area contributed by atoms with Crippen LogP contribution < -0.4 is 5.32 Å². The number of hydrogen-bond acceptors (Lipinski definition) is 5. The molecular formula is C12H23NO5. The molecule has 0 radical (unpaired) electrons. The first-order valence-electron chi connectivity index (χ1n) is 5.95. The number of amides is 1. The van der Waals surface area contributed by atoms with Crippen LogP contribution in [0.3, 0.4) is 0 Å². The van der Waals surface area contributed by atoms with E-state index < -0.39 is 12.0 Å². The summed E-state index contributed by atoms with van der Waals surface area (Å²) in [5, 5.41) is 2.60. The molecule has 0 rings (SSSR count). The van der Waals surface area contributed by atoms with Crippen LogP contribution >= 0.6 is 0 Å². The van der Waals surface area contributed by atoms with E-state index in [-0.39, 0.29) is 18.4 Å². The SMILES string of the molecule is COCCOCC(=O)NC(CC(C)C)C(=O)OC. The maximum atomic E-state index is 11.5. The molecule has 0 saturated carbocycles. The zero-order valence-electron chi connectivity index (χ0n) is 11.5. The topological polar surface area (TPSA) is 73.9 Å². The summed E-state index contributed by atoms with van der Waals surface area (Å²) in [5.41, 5.74) is 0. The Morgan fingerprint density at radius 3 is 2.33 bits per heavy atom. The van der Waals surface area contributed by atoms with Crippen molar-refractivity contribution in [1.29, 1.82) is 0 Å². The smallest absolute Gasteiger partial charge is 0.328 e. The van der Waals surface area contributed by atoms with Gasteiger partial charge in [0, 0.05) is 7.11 Å². The van der Waals surface area contributed by atoms with Crippen LogP contribution in [0.5, 0.6) is 0 Å². The number of nitrogens with one attached hydrogen (secondary N) is 1. The minimum Gasteiger partial charge on any atom is -0.467 e. The quantitative estimate of drug-likeness (QED) is 0.479. The summed E-state index contributed by atoms with van der Waals surface area (Å²) in [6, 6.07) is -0.617. The van der Waals surface area contributed by atoms with Gasteiger partial charge in [-0.2, -0.15) is 0 Å². The van der Waals surface area contributed by atoms with Crippen LogP contribution in [-0.2, 0) is 23.8 Å². The van der Waals surface area contributed by atoms with Crippen LogP contribution in [0, 0.1) is 5.92 Å². The molecule has 106 valence electrons. The van der Waals surface area contributed by atoms with Gasteiger partial charge in [0.25, 0.3) is 0 Å². The molecule has 0 aliphatic carbocycles. The molecule has 0 saturated heterocycles. The number of hydrogen-bond donors (Lipinski definition) is 1. The number of rotatable bonds is 9. The van der Waals surface area contributed by atoms with Crippen molar-refractivity contribution in [2.75, 3.05) is 34.0 Å². The summed E-state index contributed by atoms with van der Waals surface area (Å²) >= 11 is 0. The molecule has 6 nitrogen and oxygen atoms in total. The summed E-state index contributed by atoms with van der Waals surface area (Å²) in [6.07, 6.45) is 0.538. The van der Waals surface area contributed by atoms with Crippen molar-refractivity contribution < 1.29 is 23.8 Å². The van der Waals surface area contributed by atoms with Crippen LogP contribution in [0.4, 0.5) is 0 Å². The van der Waals surface area contributed by atoms with Crippen LogP contribution in [0.1, 0.15) is 20.3 Å². The normalized spacial score (nSPS) is 12.3. The molecule has 6 heteroatoms. The molecule has 0 spiro atoms. The molecule has 18 heavy (non-hydrogen) atoms. The Balaban J connectivity index is 4.06. The highest BCUT2D eigenvalue weighted by molar-refractivity contribution is 5.85. The number of methoxy groups -OCH3 is 2. The highest BCUT2D eigenvalue weighted by Gasteiger charge is 2.22. The lowest BCUT2D eigenvalue weighted by Crippen LogP contribution is -2.44. The van der Waals surface area contributed by atoms with Gasteiger partial charge < -0.3 is 19.5 Å². The molecular weight excluding hydrogens is 238 g/mol. The zero-order chi connectivity index (χ0) is 14.0. The van der Waals surface area contributed by atoms with Crippen molar-refractivity contribution in [1.82, 2.24) is 5.32 Å². The van der Waals surface area contributed by atoms with E-state index in [1.54, 1.807) is 7.11 Å². The Bertz CT molecular complexity index is 255. The summed E-state index contributed by atoms with van der Waals surface area (Å²) in [7, 11) is 2.86. The molecule has 1 amide bonds. The van der Waals surface area contributed by atoms with Gasteiger partial charge in [-0.25, -0.2) is 4.79 Å². The van der Waals surface area contributed by atoms with E-state index in [4.69, 9.17) is 9.47 Å². The van der Waals surface area contributed by atoms with E-state index in [1.165, 1.54) is 7.11 Å². The van der Waals surface area contributed by atoms with Crippen LogP contribution in [0.2, 0.25) is 0 Å². The van der Waals surface area contributed by atoms with Crippen LogP contribution in [0.25, 0.3) is 0 Å². The first-order chi connectivity index (χ1) is 8.51. The molecule has 0 fully saturated rings. The number of carbonyl (C=O) groups is 2. The number of ether oxygens (including phenoxy) is 3. The van der Waals surface area contributed by atoms with Gasteiger partial charge >= 0.3 is 5.97 Å². The average molecular weight is 261 g/mol. The van der Waals surface area contributed by atoms with E-state index in [0.717, 1.165) is 0 Å². The van der Waals surface area contributed by atoms with Gasteiger partial charge in [0.05, 0.1) is 20.3 Å². The predicted octanol–water partition coefficient (Wildman–Crippen LogP) is 0.353. The predicted molar refractivity (Wildman–Crippen MR) is 66.1 cm³/mol. The molecule has 0 heterocycles. The Morgan fingerprint density at radius 1 is 1.17 bits per heavy atom. The van der Waals surface area contributed by atoms with E-state index in [2.05, 4.69) is 10.1 Å². The highest BCUT2D eigenvalue weighted by Crippen LogP contribution is 2.06. The van der Waals surface area contributed by atoms with E-state index in [0.29, 0.717) is 19.6 Å².